The summed E-state index contributed by atoms with van der Waals surface area (Å²) in [6, 6.07) is 10.5. The summed E-state index contributed by atoms with van der Waals surface area (Å²) >= 11 is 0. The molecule has 1 aliphatic heterocycles. The highest BCUT2D eigenvalue weighted by Crippen LogP contribution is 2.21. The molecule has 3 rings (SSSR count). The molecule has 2 heterocycles. The molecule has 1 fully saturated rings. The predicted octanol–water partition coefficient (Wildman–Crippen LogP) is 2.89. The Balaban J connectivity index is 1.88. The first-order valence-electron chi connectivity index (χ1n) is 10.5. The molecule has 0 bridgehead atoms. The van der Waals surface area contributed by atoms with Crippen molar-refractivity contribution in [3.8, 4) is 0 Å². The second-order valence-electron chi connectivity index (χ2n) is 8.73. The maximum Gasteiger partial charge on any atom is 0.228 e. The molecule has 1 aromatic heterocycles. The monoisotopic (exact) mass is 418 g/mol. The van der Waals surface area contributed by atoms with Crippen LogP contribution in [0.5, 0.6) is 0 Å². The Hall–Kier alpha value is -1.70. The second kappa shape index (κ2) is 9.41. The molecule has 0 N–H and O–H groups in total. The van der Waals surface area contributed by atoms with Crippen LogP contribution in [-0.2, 0) is 22.9 Å². The molecular formula is C22H34N4O2S. The quantitative estimate of drug-likeness (QED) is 0.660. The molecule has 7 heteroatoms. The van der Waals surface area contributed by atoms with Crippen molar-refractivity contribution < 1.29 is 8.42 Å². The minimum absolute atomic E-state index is 0.0622. The molecule has 1 saturated heterocycles. The molecule has 0 atom stereocenters. The van der Waals surface area contributed by atoms with Crippen LogP contribution in [0.15, 0.2) is 41.7 Å². The molecule has 1 aliphatic rings. The van der Waals surface area contributed by atoms with Crippen molar-refractivity contribution in [3.05, 3.63) is 47.8 Å². The number of hydrogen-bond donors (Lipinski definition) is 0. The Labute approximate surface area is 175 Å². The predicted molar refractivity (Wildman–Crippen MR) is 117 cm³/mol. The van der Waals surface area contributed by atoms with E-state index in [2.05, 4.69) is 28.9 Å². The Bertz CT molecular complexity index is 885. The van der Waals surface area contributed by atoms with E-state index < -0.39 is 9.84 Å². The summed E-state index contributed by atoms with van der Waals surface area (Å²) in [4.78, 5) is 9.10. The van der Waals surface area contributed by atoms with Crippen LogP contribution in [0.3, 0.4) is 0 Å². The lowest BCUT2D eigenvalue weighted by Gasteiger charge is -2.35. The average molecular weight is 419 g/mol. The van der Waals surface area contributed by atoms with Crippen LogP contribution in [0.4, 0.5) is 0 Å². The van der Waals surface area contributed by atoms with Gasteiger partial charge >= 0.3 is 0 Å². The molecule has 2 aromatic rings. The van der Waals surface area contributed by atoms with E-state index in [9.17, 15) is 8.42 Å². The SMILES string of the molecule is CC(C)CS(=O)(=O)c1ncc(CN(C)C2CCN(C)CC2)n1Cc1ccccc1. The van der Waals surface area contributed by atoms with Crippen LogP contribution >= 0.6 is 0 Å². The van der Waals surface area contributed by atoms with Gasteiger partial charge in [0.25, 0.3) is 0 Å². The number of sulfone groups is 1. The summed E-state index contributed by atoms with van der Waals surface area (Å²) in [5.74, 6) is 0.176. The molecule has 0 spiro atoms. The van der Waals surface area contributed by atoms with E-state index in [4.69, 9.17) is 0 Å². The molecule has 0 saturated carbocycles. The number of likely N-dealkylation sites (tertiary alicyclic amines) is 1. The third-order valence-corrected chi connectivity index (χ3v) is 7.63. The molecule has 1 aromatic carbocycles. The smallest absolute Gasteiger partial charge is 0.228 e. The van der Waals surface area contributed by atoms with E-state index in [1.165, 1.54) is 0 Å². The normalized spacial score (nSPS) is 16.8. The van der Waals surface area contributed by atoms with Crippen LogP contribution in [-0.4, -0.2) is 66.7 Å². The third-order valence-electron chi connectivity index (χ3n) is 5.64. The number of piperidine rings is 1. The Kier molecular flexibility index (Phi) is 7.14. The maximum absolute atomic E-state index is 13.0. The summed E-state index contributed by atoms with van der Waals surface area (Å²) in [6.45, 7) is 7.28. The van der Waals surface area contributed by atoms with Crippen LogP contribution in [0, 0.1) is 5.92 Å². The van der Waals surface area contributed by atoms with Gasteiger partial charge in [0.2, 0.25) is 15.0 Å². The minimum Gasteiger partial charge on any atom is -0.313 e. The van der Waals surface area contributed by atoms with E-state index in [-0.39, 0.29) is 16.8 Å². The summed E-state index contributed by atoms with van der Waals surface area (Å²) in [5.41, 5.74) is 2.03. The van der Waals surface area contributed by atoms with E-state index in [0.717, 1.165) is 37.2 Å². The van der Waals surface area contributed by atoms with E-state index in [1.807, 2.05) is 48.7 Å². The Morgan fingerprint density at radius 2 is 1.83 bits per heavy atom. The van der Waals surface area contributed by atoms with Gasteiger partial charge in [0.1, 0.15) is 0 Å². The fourth-order valence-electron chi connectivity index (χ4n) is 4.04. The van der Waals surface area contributed by atoms with Crippen LogP contribution < -0.4 is 0 Å². The van der Waals surface area contributed by atoms with Gasteiger partial charge in [-0.1, -0.05) is 44.2 Å². The third kappa shape index (κ3) is 5.68. The first kappa shape index (κ1) is 22.0. The average Bonchev–Trinajstić information content (AvgIpc) is 3.05. The zero-order chi connectivity index (χ0) is 21.0. The topological polar surface area (TPSA) is 58.4 Å². The molecule has 0 unspecified atom stereocenters. The van der Waals surface area contributed by atoms with Gasteiger partial charge in [0.15, 0.2) is 0 Å². The first-order chi connectivity index (χ1) is 13.8. The molecular weight excluding hydrogens is 384 g/mol. The number of rotatable bonds is 8. The number of aromatic nitrogens is 2. The standard InChI is InChI=1S/C22H34N4O2S/c1-18(2)17-29(27,28)22-23-14-21(26(22)15-19-8-6-5-7-9-19)16-25(4)20-10-12-24(3)13-11-20/h5-9,14,18,20H,10-13,15-17H2,1-4H3. The second-order valence-corrected chi connectivity index (χ2v) is 10.7. The first-order valence-corrected chi connectivity index (χ1v) is 12.1. The number of nitrogens with zero attached hydrogens (tertiary/aromatic N) is 4. The Morgan fingerprint density at radius 1 is 1.17 bits per heavy atom. The molecule has 0 radical (unpaired) electrons. The fraction of sp³-hybridized carbons (Fsp3) is 0.591. The van der Waals surface area contributed by atoms with Gasteiger partial charge in [-0.3, -0.25) is 4.90 Å². The van der Waals surface area contributed by atoms with E-state index in [1.54, 1.807) is 6.20 Å². The Morgan fingerprint density at radius 3 is 2.45 bits per heavy atom. The van der Waals surface area contributed by atoms with Gasteiger partial charge in [-0.25, -0.2) is 13.4 Å². The van der Waals surface area contributed by atoms with Gasteiger partial charge < -0.3 is 9.47 Å². The maximum atomic E-state index is 13.0. The minimum atomic E-state index is -3.43. The highest BCUT2D eigenvalue weighted by molar-refractivity contribution is 7.91. The summed E-state index contributed by atoms with van der Waals surface area (Å²) in [5, 5.41) is 0.196. The van der Waals surface area contributed by atoms with Crippen LogP contribution in [0.1, 0.15) is 37.9 Å². The van der Waals surface area contributed by atoms with Crippen molar-refractivity contribution in [2.24, 2.45) is 5.92 Å². The summed E-state index contributed by atoms with van der Waals surface area (Å²) in [7, 11) is 0.870. The lowest BCUT2D eigenvalue weighted by molar-refractivity contribution is 0.137. The lowest BCUT2D eigenvalue weighted by Crippen LogP contribution is -2.41. The zero-order valence-electron chi connectivity index (χ0n) is 18.1. The number of imidazole rings is 1. The molecule has 29 heavy (non-hydrogen) atoms. The summed E-state index contributed by atoms with van der Waals surface area (Å²) < 4.78 is 27.9. The van der Waals surface area contributed by atoms with Crippen molar-refractivity contribution >= 4 is 9.84 Å². The molecule has 0 amide bonds. The van der Waals surface area contributed by atoms with Gasteiger partial charge in [0, 0.05) is 12.6 Å². The zero-order valence-corrected chi connectivity index (χ0v) is 18.9. The molecule has 0 aliphatic carbocycles. The van der Waals surface area contributed by atoms with Crippen molar-refractivity contribution in [2.75, 3.05) is 32.9 Å². The van der Waals surface area contributed by atoms with Crippen LogP contribution in [0.25, 0.3) is 0 Å². The van der Waals surface area contributed by atoms with Gasteiger partial charge in [0.05, 0.1) is 24.2 Å². The summed E-state index contributed by atoms with van der Waals surface area (Å²) in [6.07, 6.45) is 4.03. The van der Waals surface area contributed by atoms with Crippen LogP contribution in [0.2, 0.25) is 0 Å². The highest BCUT2D eigenvalue weighted by Gasteiger charge is 2.26. The number of benzene rings is 1. The van der Waals surface area contributed by atoms with E-state index >= 15 is 0 Å². The fourth-order valence-corrected chi connectivity index (χ4v) is 5.79. The van der Waals surface area contributed by atoms with Crippen molar-refractivity contribution in [3.63, 3.8) is 0 Å². The van der Waals surface area contributed by atoms with Gasteiger partial charge in [-0.2, -0.15) is 0 Å². The van der Waals surface area contributed by atoms with E-state index in [0.29, 0.717) is 19.1 Å². The lowest BCUT2D eigenvalue weighted by atomic mass is 10.0. The van der Waals surface area contributed by atoms with Crippen molar-refractivity contribution in [1.29, 1.82) is 0 Å². The van der Waals surface area contributed by atoms with Gasteiger partial charge in [-0.15, -0.1) is 0 Å². The van der Waals surface area contributed by atoms with Crippen molar-refractivity contribution in [2.45, 2.75) is 51.0 Å². The van der Waals surface area contributed by atoms with Gasteiger partial charge in [-0.05, 0) is 51.5 Å². The highest BCUT2D eigenvalue weighted by atomic mass is 32.2. The number of hydrogen-bond acceptors (Lipinski definition) is 5. The molecule has 6 nitrogen and oxygen atoms in total. The molecule has 160 valence electrons. The largest absolute Gasteiger partial charge is 0.313 e. The van der Waals surface area contributed by atoms with Crippen molar-refractivity contribution in [1.82, 2.24) is 19.4 Å².